The molecule has 3 fully saturated rings. The Kier molecular flexibility index (Phi) is 16.1. The Hall–Kier alpha value is -6.80. The molecule has 1 aliphatic heterocycles. The molecule has 0 unspecified atom stereocenters. The number of esters is 5. The molecule has 7 rings (SSSR count). The van der Waals surface area contributed by atoms with Crippen molar-refractivity contribution in [1.82, 2.24) is 16.0 Å². The lowest BCUT2D eigenvalue weighted by molar-refractivity contribution is -0.346. The van der Waals surface area contributed by atoms with E-state index in [-0.39, 0.29) is 49.2 Å². The number of carbonyl (C=O) groups is 8. The van der Waals surface area contributed by atoms with Crippen molar-refractivity contribution < 1.29 is 76.6 Å². The van der Waals surface area contributed by atoms with E-state index in [1.807, 2.05) is 0 Å². The van der Waals surface area contributed by atoms with Gasteiger partial charge in [-0.05, 0) is 61.9 Å². The Morgan fingerprint density at radius 3 is 2.00 bits per heavy atom. The zero-order valence-corrected chi connectivity index (χ0v) is 42.1. The molecule has 2 bridgehead atoms. The number of fused-ring (bicyclic) bond motifs is 5. The fraction of sp³-hybridized carbons (Fsp3) is 0.481. The summed E-state index contributed by atoms with van der Waals surface area (Å²) < 4.78 is 43.3. The molecule has 2 amide bonds. The second-order valence-electron chi connectivity index (χ2n) is 19.7. The number of Topliss-reactive ketones (excluding diaryl/α,β-unsaturated/α-hetero) is 1. The molecular formula is C54H63N3O16. The van der Waals surface area contributed by atoms with E-state index in [9.17, 15) is 38.7 Å². The van der Waals surface area contributed by atoms with Gasteiger partial charge in [-0.2, -0.15) is 0 Å². The van der Waals surface area contributed by atoms with Crippen LogP contribution in [0, 0.1) is 16.7 Å². The molecule has 19 heteroatoms. The first-order chi connectivity index (χ1) is 34.6. The zero-order chi connectivity index (χ0) is 53.0. The van der Waals surface area contributed by atoms with Crippen LogP contribution in [-0.2, 0) is 61.9 Å². The highest BCUT2D eigenvalue weighted by Crippen LogP contribution is 2.65. The molecule has 4 N–H and O–H groups in total. The van der Waals surface area contributed by atoms with Crippen LogP contribution in [0.1, 0.15) is 93.1 Å². The van der Waals surface area contributed by atoms with Crippen LogP contribution in [0.15, 0.2) is 102 Å². The first-order valence-electron chi connectivity index (χ1n) is 24.1. The Morgan fingerprint density at radius 1 is 0.822 bits per heavy atom. The maximum absolute atomic E-state index is 16.2. The summed E-state index contributed by atoms with van der Waals surface area (Å²) in [6.07, 6.45) is -10.6. The van der Waals surface area contributed by atoms with E-state index >= 15 is 4.79 Å². The van der Waals surface area contributed by atoms with Gasteiger partial charge in [-0.1, -0.05) is 80.6 Å². The van der Waals surface area contributed by atoms with Gasteiger partial charge in [0.2, 0.25) is 5.91 Å². The number of hydrogen-bond acceptors (Lipinski definition) is 17. The topological polar surface area (TPSA) is 257 Å². The number of ketones is 1. The molecule has 390 valence electrons. The summed E-state index contributed by atoms with van der Waals surface area (Å²) in [6.45, 7) is 7.80. The third kappa shape index (κ3) is 10.3. The van der Waals surface area contributed by atoms with Crippen molar-refractivity contribution in [3.8, 4) is 0 Å². The minimum Gasteiger partial charge on any atom is -0.461 e. The summed E-state index contributed by atoms with van der Waals surface area (Å²) in [5.41, 5.74) is -7.23. The molecule has 1 saturated heterocycles. The molecule has 0 aromatic heterocycles. The number of nitrogens with one attached hydrogen (secondary N) is 3. The summed E-state index contributed by atoms with van der Waals surface area (Å²) in [5, 5.41) is 22.3. The third-order valence-corrected chi connectivity index (χ3v) is 14.9. The standard InChI is InChI=1S/C54H63N3O16/c1-30-36(70-50(65)44(67-8)42(33-18-12-9-13-19-33)57-48(63)34-20-14-10-15-21-34)27-54(66)47(72-49(64)35-22-16-11-17-23-35)45-52(6,46(62)43(69-31(2)58)41(30)51(54,4)5)37(26-38-53(45,29-68-38)73-32(3)59)71-40(61)24-25-56-39(60)28-55-7/h9-23,36-38,42-45,47,55,66H,24-29H2,1-8H3,(H,56,60)(H,57,63)/t36-,37-,38+,42-,43+,44+,45-,47-,52+,53-,54+/m0/s1. The van der Waals surface area contributed by atoms with Gasteiger partial charge in [0.1, 0.15) is 30.0 Å². The van der Waals surface area contributed by atoms with Crippen molar-refractivity contribution in [2.45, 2.75) is 115 Å². The summed E-state index contributed by atoms with van der Waals surface area (Å²) in [6, 6.07) is 23.6. The minimum atomic E-state index is -2.46. The van der Waals surface area contributed by atoms with Gasteiger partial charge in [-0.25, -0.2) is 9.59 Å². The fourth-order valence-corrected chi connectivity index (χ4v) is 11.3. The molecule has 3 aromatic carbocycles. The number of aliphatic hydroxyl groups is 1. The van der Waals surface area contributed by atoms with E-state index in [0.29, 0.717) is 11.1 Å². The summed E-state index contributed by atoms with van der Waals surface area (Å²) >= 11 is 0. The lowest BCUT2D eigenvalue weighted by Gasteiger charge is -2.67. The van der Waals surface area contributed by atoms with Crippen molar-refractivity contribution in [3.63, 3.8) is 0 Å². The maximum atomic E-state index is 16.2. The fourth-order valence-electron chi connectivity index (χ4n) is 11.3. The van der Waals surface area contributed by atoms with E-state index < -0.39 is 124 Å². The molecule has 2 saturated carbocycles. The van der Waals surface area contributed by atoms with Crippen molar-refractivity contribution >= 4 is 47.4 Å². The molecule has 0 spiro atoms. The predicted molar refractivity (Wildman–Crippen MR) is 258 cm³/mol. The van der Waals surface area contributed by atoms with Crippen molar-refractivity contribution in [2.75, 3.05) is 33.9 Å². The van der Waals surface area contributed by atoms with E-state index in [1.165, 1.54) is 26.2 Å². The second kappa shape index (κ2) is 21.7. The maximum Gasteiger partial charge on any atom is 0.338 e. The predicted octanol–water partition coefficient (Wildman–Crippen LogP) is 3.67. The van der Waals surface area contributed by atoms with E-state index in [4.69, 9.17) is 33.2 Å². The van der Waals surface area contributed by atoms with Gasteiger partial charge in [-0.15, -0.1) is 0 Å². The van der Waals surface area contributed by atoms with E-state index in [1.54, 1.807) is 107 Å². The highest BCUT2D eigenvalue weighted by Gasteiger charge is 2.79. The van der Waals surface area contributed by atoms with Gasteiger partial charge in [-0.3, -0.25) is 28.8 Å². The van der Waals surface area contributed by atoms with Crippen LogP contribution in [0.3, 0.4) is 0 Å². The number of likely N-dealkylation sites (N-methyl/N-ethyl adjacent to an activating group) is 1. The van der Waals surface area contributed by atoms with Crippen LogP contribution >= 0.6 is 0 Å². The van der Waals surface area contributed by atoms with Gasteiger partial charge in [0.15, 0.2) is 23.6 Å². The molecular weight excluding hydrogens is 947 g/mol. The zero-order valence-electron chi connectivity index (χ0n) is 42.1. The van der Waals surface area contributed by atoms with Crippen molar-refractivity contribution in [2.24, 2.45) is 16.7 Å². The molecule has 11 atom stereocenters. The third-order valence-electron chi connectivity index (χ3n) is 14.9. The second-order valence-corrected chi connectivity index (χ2v) is 19.7. The van der Waals surface area contributed by atoms with E-state index in [2.05, 4.69) is 16.0 Å². The lowest BCUT2D eigenvalue weighted by atomic mass is 9.44. The number of rotatable bonds is 17. The number of ether oxygens (including phenoxy) is 7. The Bertz CT molecular complexity index is 2630. The molecule has 1 heterocycles. The Balaban J connectivity index is 1.41. The number of methoxy groups -OCH3 is 1. The van der Waals surface area contributed by atoms with Crippen LogP contribution in [0.25, 0.3) is 0 Å². The number of carbonyl (C=O) groups excluding carboxylic acids is 8. The highest BCUT2D eigenvalue weighted by atomic mass is 16.6. The first-order valence-corrected chi connectivity index (χ1v) is 24.1. The number of benzene rings is 3. The summed E-state index contributed by atoms with van der Waals surface area (Å²) in [4.78, 5) is 112. The average Bonchev–Trinajstić information content (AvgIpc) is 3.35. The number of amides is 2. The van der Waals surface area contributed by atoms with E-state index in [0.717, 1.165) is 13.8 Å². The molecule has 3 aromatic rings. The SMILES string of the molecule is CNCC(=O)NCCC(=O)O[C@H]1C[C@H]2OC[C@@]2(OC(C)=O)[C@H]2[C@H](OC(=O)c3ccccc3)[C@]3(O)C[C@H](OC(=O)[C@H](OC)[C@@H](NC(=O)c4ccccc4)c4ccccc4)C(C)=C([C@@H](OC(C)=O)C(=O)[C@]12C)C3(C)C. The Labute approximate surface area is 423 Å². The minimum absolute atomic E-state index is 0.0171. The smallest absolute Gasteiger partial charge is 0.338 e. The van der Waals surface area contributed by atoms with Crippen molar-refractivity contribution in [1.29, 1.82) is 0 Å². The quantitative estimate of drug-likeness (QED) is 0.0855. The Morgan fingerprint density at radius 2 is 1.44 bits per heavy atom. The van der Waals surface area contributed by atoms with Gasteiger partial charge in [0, 0.05) is 51.3 Å². The highest BCUT2D eigenvalue weighted by molar-refractivity contribution is 5.96. The van der Waals surface area contributed by atoms with Crippen molar-refractivity contribution in [3.05, 3.63) is 119 Å². The van der Waals surface area contributed by atoms with Crippen LogP contribution < -0.4 is 16.0 Å². The monoisotopic (exact) mass is 1010 g/mol. The van der Waals surface area contributed by atoms with Crippen LogP contribution in [0.2, 0.25) is 0 Å². The molecule has 19 nitrogen and oxygen atoms in total. The average molecular weight is 1010 g/mol. The first kappa shape index (κ1) is 54.0. The summed E-state index contributed by atoms with van der Waals surface area (Å²) in [7, 11) is 2.84. The van der Waals surface area contributed by atoms with Crippen LogP contribution in [0.4, 0.5) is 0 Å². The van der Waals surface area contributed by atoms with Gasteiger partial charge in [0.05, 0.1) is 42.5 Å². The van der Waals surface area contributed by atoms with Crippen LogP contribution in [-0.4, -0.2) is 134 Å². The van der Waals surface area contributed by atoms with Crippen LogP contribution in [0.5, 0.6) is 0 Å². The van der Waals surface area contributed by atoms with Gasteiger partial charge < -0.3 is 54.2 Å². The lowest BCUT2D eigenvalue weighted by Crippen LogP contribution is -2.82. The number of hydrogen-bond donors (Lipinski definition) is 4. The normalized spacial score (nSPS) is 28.6. The molecule has 4 aliphatic rings. The largest absolute Gasteiger partial charge is 0.461 e. The van der Waals surface area contributed by atoms with Gasteiger partial charge in [0.25, 0.3) is 5.91 Å². The molecule has 73 heavy (non-hydrogen) atoms. The summed E-state index contributed by atoms with van der Waals surface area (Å²) in [5.74, 6) is -8.03. The molecule has 0 radical (unpaired) electrons. The molecule has 3 aliphatic carbocycles. The van der Waals surface area contributed by atoms with Gasteiger partial charge >= 0.3 is 29.8 Å².